The minimum absolute atomic E-state index is 0.0113. The molecule has 0 radical (unpaired) electrons. The molecule has 0 saturated heterocycles. The highest BCUT2D eigenvalue weighted by Gasteiger charge is 2.19. The molecule has 1 nitrogen and oxygen atoms in total. The van der Waals surface area contributed by atoms with Crippen LogP contribution >= 0.6 is 0 Å². The number of rotatable bonds is 3. The Balaban J connectivity index is 1.69. The van der Waals surface area contributed by atoms with Crippen LogP contribution in [0.5, 0.6) is 0 Å². The monoisotopic (exact) mass is 310 g/mol. The first kappa shape index (κ1) is 14.8. The van der Waals surface area contributed by atoms with Gasteiger partial charge in [-0.15, -0.1) is 0 Å². The normalized spacial score (nSPS) is 15.2. The molecule has 3 aromatic rings. The lowest BCUT2D eigenvalue weighted by atomic mass is 9.92. The van der Waals surface area contributed by atoms with Gasteiger partial charge >= 0.3 is 0 Å². The summed E-state index contributed by atoms with van der Waals surface area (Å²) in [6, 6.07) is 27.0. The topological polar surface area (TPSA) is 9.23 Å². The van der Waals surface area contributed by atoms with Crippen molar-refractivity contribution in [2.45, 2.75) is 19.1 Å². The summed E-state index contributed by atoms with van der Waals surface area (Å²) in [6.07, 6.45) is 0.853. The van der Waals surface area contributed by atoms with Gasteiger partial charge in [0.25, 0.3) is 0 Å². The molecule has 24 heavy (non-hydrogen) atoms. The van der Waals surface area contributed by atoms with Crippen LogP contribution < -0.4 is 0 Å². The van der Waals surface area contributed by atoms with E-state index in [4.69, 9.17) is 4.74 Å². The zero-order chi connectivity index (χ0) is 16.2. The highest BCUT2D eigenvalue weighted by atomic mass is 16.5. The van der Waals surface area contributed by atoms with Crippen LogP contribution in [0.4, 0.5) is 0 Å². The summed E-state index contributed by atoms with van der Waals surface area (Å²) < 4.78 is 6.32. The molecule has 3 aromatic carbocycles. The predicted molar refractivity (Wildman–Crippen MR) is 96.5 cm³/mol. The van der Waals surface area contributed by atoms with Gasteiger partial charge in [0.05, 0.1) is 12.7 Å². The summed E-state index contributed by atoms with van der Waals surface area (Å²) in [5, 5.41) is 0. The minimum atomic E-state index is 0.0113. The van der Waals surface area contributed by atoms with Gasteiger partial charge in [0, 0.05) is 17.5 Å². The molecule has 0 aromatic heterocycles. The van der Waals surface area contributed by atoms with E-state index in [1.165, 1.54) is 16.7 Å². The van der Waals surface area contributed by atoms with Gasteiger partial charge in [-0.3, -0.25) is 0 Å². The Hall–Kier alpha value is -2.82. The van der Waals surface area contributed by atoms with Crippen molar-refractivity contribution in [3.8, 4) is 11.8 Å². The number of fused-ring (bicyclic) bond motifs is 2. The molecule has 0 saturated carbocycles. The van der Waals surface area contributed by atoms with Gasteiger partial charge in [0.15, 0.2) is 0 Å². The fourth-order valence-corrected chi connectivity index (χ4v) is 3.08. The quantitative estimate of drug-likeness (QED) is 0.625. The zero-order valence-corrected chi connectivity index (χ0v) is 13.4. The molecule has 1 atom stereocenters. The smallest absolute Gasteiger partial charge is 0.0882 e. The highest BCUT2D eigenvalue weighted by molar-refractivity contribution is 5.52. The lowest BCUT2D eigenvalue weighted by Crippen LogP contribution is -2.12. The van der Waals surface area contributed by atoms with Crippen LogP contribution in [-0.4, -0.2) is 0 Å². The maximum atomic E-state index is 6.32. The van der Waals surface area contributed by atoms with Crippen molar-refractivity contribution >= 4 is 0 Å². The van der Waals surface area contributed by atoms with E-state index in [1.807, 2.05) is 30.3 Å². The van der Waals surface area contributed by atoms with Gasteiger partial charge in [0.1, 0.15) is 0 Å². The number of ether oxygens (including phenoxy) is 1. The van der Waals surface area contributed by atoms with Crippen molar-refractivity contribution in [1.29, 1.82) is 0 Å². The van der Waals surface area contributed by atoms with E-state index in [1.54, 1.807) is 0 Å². The van der Waals surface area contributed by atoms with Crippen LogP contribution in [0.15, 0.2) is 78.9 Å². The Morgan fingerprint density at radius 1 is 0.750 bits per heavy atom. The van der Waals surface area contributed by atoms with Gasteiger partial charge in [-0.25, -0.2) is 0 Å². The zero-order valence-electron chi connectivity index (χ0n) is 13.4. The average molecular weight is 310 g/mol. The molecule has 1 heteroatoms. The van der Waals surface area contributed by atoms with Crippen molar-refractivity contribution in [3.63, 3.8) is 0 Å². The van der Waals surface area contributed by atoms with Crippen molar-refractivity contribution < 1.29 is 4.74 Å². The summed E-state index contributed by atoms with van der Waals surface area (Å²) >= 11 is 0. The van der Waals surface area contributed by atoms with Gasteiger partial charge in [-0.2, -0.15) is 0 Å². The van der Waals surface area contributed by atoms with Gasteiger partial charge in [-0.1, -0.05) is 78.6 Å². The van der Waals surface area contributed by atoms with Crippen molar-refractivity contribution in [2.24, 2.45) is 0 Å². The van der Waals surface area contributed by atoms with E-state index < -0.39 is 0 Å². The standard InChI is InChI=1S/C23H18O/c1-2-8-18(9-3-1)17-24-23-16-21-12-5-4-10-19(21)14-15-20-11-6-7-13-22(20)23/h1-13,23H,16-17H2. The maximum absolute atomic E-state index is 6.32. The van der Waals surface area contributed by atoms with Crippen LogP contribution in [0.25, 0.3) is 0 Å². The number of hydrogen-bond acceptors (Lipinski definition) is 1. The summed E-state index contributed by atoms with van der Waals surface area (Å²) in [7, 11) is 0. The van der Waals surface area contributed by atoms with Crippen molar-refractivity contribution in [3.05, 3.63) is 107 Å². The fraction of sp³-hybridized carbons (Fsp3) is 0.130. The van der Waals surface area contributed by atoms with Crippen molar-refractivity contribution in [2.75, 3.05) is 0 Å². The maximum Gasteiger partial charge on any atom is 0.0882 e. The molecule has 1 unspecified atom stereocenters. The Bertz CT molecular complexity index is 900. The second kappa shape index (κ2) is 6.74. The summed E-state index contributed by atoms with van der Waals surface area (Å²) in [4.78, 5) is 0. The second-order valence-electron chi connectivity index (χ2n) is 5.98. The molecule has 0 N–H and O–H groups in total. The van der Waals surface area contributed by atoms with E-state index in [-0.39, 0.29) is 6.10 Å². The average Bonchev–Trinajstić information content (AvgIpc) is 2.64. The van der Waals surface area contributed by atoms with E-state index in [0.29, 0.717) is 6.61 Å². The highest BCUT2D eigenvalue weighted by Crippen LogP contribution is 2.29. The van der Waals surface area contributed by atoms with Gasteiger partial charge < -0.3 is 4.74 Å². The fourth-order valence-electron chi connectivity index (χ4n) is 3.08. The van der Waals surface area contributed by atoms with Gasteiger partial charge in [0.2, 0.25) is 0 Å². The van der Waals surface area contributed by atoms with Crippen LogP contribution in [0.1, 0.15) is 33.9 Å². The Morgan fingerprint density at radius 3 is 2.29 bits per heavy atom. The molecule has 0 heterocycles. The molecule has 0 bridgehead atoms. The third kappa shape index (κ3) is 3.11. The first-order chi connectivity index (χ1) is 11.9. The Morgan fingerprint density at radius 2 is 1.42 bits per heavy atom. The van der Waals surface area contributed by atoms with Crippen LogP contribution in [0, 0.1) is 11.8 Å². The summed E-state index contributed by atoms with van der Waals surface area (Å²) in [5.41, 5.74) is 5.77. The molecule has 1 aliphatic rings. The van der Waals surface area contributed by atoms with E-state index >= 15 is 0 Å². The summed E-state index contributed by atoms with van der Waals surface area (Å²) in [6.45, 7) is 0.607. The van der Waals surface area contributed by atoms with Crippen LogP contribution in [0.2, 0.25) is 0 Å². The van der Waals surface area contributed by atoms with E-state index in [2.05, 4.69) is 60.4 Å². The third-order valence-corrected chi connectivity index (χ3v) is 4.36. The molecular formula is C23H18O. The summed E-state index contributed by atoms with van der Waals surface area (Å²) in [5.74, 6) is 6.63. The Labute approximate surface area is 142 Å². The molecule has 0 fully saturated rings. The minimum Gasteiger partial charge on any atom is -0.368 e. The van der Waals surface area contributed by atoms with E-state index in [0.717, 1.165) is 17.5 Å². The molecule has 0 spiro atoms. The third-order valence-electron chi connectivity index (χ3n) is 4.36. The lowest BCUT2D eigenvalue weighted by Gasteiger charge is -2.22. The molecule has 0 aliphatic heterocycles. The largest absolute Gasteiger partial charge is 0.368 e. The Kier molecular flexibility index (Phi) is 4.14. The first-order valence-corrected chi connectivity index (χ1v) is 8.24. The molecular weight excluding hydrogens is 292 g/mol. The SMILES string of the molecule is C1#Cc2ccccc2C(OCc2ccccc2)Cc2ccccc21. The van der Waals surface area contributed by atoms with Crippen molar-refractivity contribution in [1.82, 2.24) is 0 Å². The van der Waals surface area contributed by atoms with E-state index in [9.17, 15) is 0 Å². The van der Waals surface area contributed by atoms with Crippen LogP contribution in [0.3, 0.4) is 0 Å². The molecule has 0 amide bonds. The molecule has 116 valence electrons. The predicted octanol–water partition coefficient (Wildman–Crippen LogP) is 4.90. The lowest BCUT2D eigenvalue weighted by molar-refractivity contribution is 0.0396. The second-order valence-corrected chi connectivity index (χ2v) is 5.98. The number of hydrogen-bond donors (Lipinski definition) is 0. The van der Waals surface area contributed by atoms with Crippen LogP contribution in [-0.2, 0) is 17.8 Å². The molecule has 4 rings (SSSR count). The first-order valence-electron chi connectivity index (χ1n) is 8.24. The molecule has 1 aliphatic carbocycles. The van der Waals surface area contributed by atoms with Gasteiger partial charge in [-0.05, 0) is 28.8 Å². The number of benzene rings is 3.